The highest BCUT2D eigenvalue weighted by molar-refractivity contribution is 5.91. The van der Waals surface area contributed by atoms with Crippen LogP contribution < -0.4 is 11.1 Å². The van der Waals surface area contributed by atoms with Crippen LogP contribution in [0.5, 0.6) is 0 Å². The van der Waals surface area contributed by atoms with Crippen molar-refractivity contribution in [3.63, 3.8) is 0 Å². The summed E-state index contributed by atoms with van der Waals surface area (Å²) in [6.07, 6.45) is 1.52. The molecule has 2 unspecified atom stereocenters. The Bertz CT molecular complexity index is 478. The van der Waals surface area contributed by atoms with Crippen molar-refractivity contribution < 1.29 is 9.90 Å². The van der Waals surface area contributed by atoms with Gasteiger partial charge in [-0.25, -0.2) is 0 Å². The van der Waals surface area contributed by atoms with Crippen LogP contribution in [0.2, 0.25) is 0 Å². The summed E-state index contributed by atoms with van der Waals surface area (Å²) in [5.41, 5.74) is 7.39. The van der Waals surface area contributed by atoms with E-state index in [1.165, 1.54) is 0 Å². The lowest BCUT2D eigenvalue weighted by Crippen LogP contribution is -2.37. The number of benzene rings is 1. The van der Waals surface area contributed by atoms with Gasteiger partial charge in [0.15, 0.2) is 0 Å². The van der Waals surface area contributed by atoms with Gasteiger partial charge in [0.05, 0.1) is 6.61 Å². The maximum absolute atomic E-state index is 12.1. The van der Waals surface area contributed by atoms with Crippen molar-refractivity contribution in [2.24, 2.45) is 11.7 Å². The van der Waals surface area contributed by atoms with Gasteiger partial charge in [0.1, 0.15) is 0 Å². The van der Waals surface area contributed by atoms with Gasteiger partial charge in [-0.15, -0.1) is 0 Å². The van der Waals surface area contributed by atoms with E-state index < -0.39 is 0 Å². The maximum Gasteiger partial charge on any atom is 0.225 e. The van der Waals surface area contributed by atoms with Crippen molar-refractivity contribution in [3.8, 4) is 0 Å². The topological polar surface area (TPSA) is 78.6 Å². The number of carbonyl (C=O) groups excluding carboxylic acids is 1. The number of aliphatic hydroxyl groups excluding tert-OH is 1. The molecule has 1 aromatic rings. The Morgan fingerprint density at radius 2 is 2.24 bits per heavy atom. The second-order valence-corrected chi connectivity index (χ2v) is 5.71. The monoisotopic (exact) mass is 291 g/mol. The van der Waals surface area contributed by atoms with Gasteiger partial charge in [-0.2, -0.15) is 0 Å². The lowest BCUT2D eigenvalue weighted by atomic mass is 10.0. The molecule has 0 saturated carbocycles. The summed E-state index contributed by atoms with van der Waals surface area (Å²) in [5.74, 6) is 0.489. The number of aliphatic hydroxyl groups is 1. The number of para-hydroxylation sites is 1. The predicted molar refractivity (Wildman–Crippen MR) is 83.8 cm³/mol. The van der Waals surface area contributed by atoms with Gasteiger partial charge in [-0.05, 0) is 30.5 Å². The molecule has 1 aromatic carbocycles. The van der Waals surface area contributed by atoms with Gasteiger partial charge in [0, 0.05) is 31.2 Å². The Balaban J connectivity index is 1.85. The van der Waals surface area contributed by atoms with E-state index in [1.807, 2.05) is 24.3 Å². The number of hydrogen-bond acceptors (Lipinski definition) is 4. The van der Waals surface area contributed by atoms with Crippen molar-refractivity contribution in [1.29, 1.82) is 0 Å². The fourth-order valence-corrected chi connectivity index (χ4v) is 2.94. The van der Waals surface area contributed by atoms with E-state index in [4.69, 9.17) is 5.73 Å². The number of carbonyl (C=O) groups is 1. The smallest absolute Gasteiger partial charge is 0.225 e. The summed E-state index contributed by atoms with van der Waals surface area (Å²) < 4.78 is 0. The van der Waals surface area contributed by atoms with Crippen molar-refractivity contribution in [2.75, 3.05) is 25.0 Å². The number of likely N-dealkylation sites (tertiary alicyclic amines) is 1. The van der Waals surface area contributed by atoms with Crippen LogP contribution in [-0.2, 0) is 11.3 Å². The van der Waals surface area contributed by atoms with Crippen LogP contribution in [0, 0.1) is 5.92 Å². The number of nitrogens with zero attached hydrogens (tertiary/aromatic N) is 1. The second kappa shape index (κ2) is 7.54. The number of anilines is 1. The molecule has 116 valence electrons. The minimum absolute atomic E-state index is 0.00728. The van der Waals surface area contributed by atoms with Crippen molar-refractivity contribution >= 4 is 11.6 Å². The van der Waals surface area contributed by atoms with E-state index in [0.29, 0.717) is 25.4 Å². The first-order valence-corrected chi connectivity index (χ1v) is 7.58. The normalized spacial score (nSPS) is 22.4. The van der Waals surface area contributed by atoms with Crippen LogP contribution in [-0.4, -0.2) is 41.7 Å². The highest BCUT2D eigenvalue weighted by Crippen LogP contribution is 2.23. The van der Waals surface area contributed by atoms with Gasteiger partial charge < -0.3 is 16.2 Å². The Labute approximate surface area is 126 Å². The molecular formula is C16H25N3O2. The van der Waals surface area contributed by atoms with Crippen LogP contribution >= 0.6 is 0 Å². The average molecular weight is 291 g/mol. The molecule has 5 nitrogen and oxygen atoms in total. The number of amides is 1. The van der Waals surface area contributed by atoms with Gasteiger partial charge in [-0.1, -0.05) is 25.1 Å². The summed E-state index contributed by atoms with van der Waals surface area (Å²) in [6.45, 7) is 4.37. The summed E-state index contributed by atoms with van der Waals surface area (Å²) in [6, 6.07) is 7.77. The molecule has 5 heteroatoms. The number of hydrogen-bond donors (Lipinski definition) is 3. The third-order valence-electron chi connectivity index (χ3n) is 4.32. The van der Waals surface area contributed by atoms with Crippen molar-refractivity contribution in [2.45, 2.75) is 32.4 Å². The summed E-state index contributed by atoms with van der Waals surface area (Å²) >= 11 is 0. The van der Waals surface area contributed by atoms with Gasteiger partial charge in [0.2, 0.25) is 5.91 Å². The zero-order chi connectivity index (χ0) is 15.2. The Hall–Kier alpha value is -1.43. The Morgan fingerprint density at radius 1 is 1.48 bits per heavy atom. The zero-order valence-electron chi connectivity index (χ0n) is 12.6. The van der Waals surface area contributed by atoms with Gasteiger partial charge in [-0.3, -0.25) is 9.69 Å². The summed E-state index contributed by atoms with van der Waals surface area (Å²) in [5, 5.41) is 12.3. The molecule has 1 heterocycles. The predicted octanol–water partition coefficient (Wildman–Crippen LogP) is 1.18. The molecule has 0 spiro atoms. The quantitative estimate of drug-likeness (QED) is 0.735. The summed E-state index contributed by atoms with van der Waals surface area (Å²) in [4.78, 5) is 14.3. The van der Waals surface area contributed by atoms with Crippen LogP contribution in [0.1, 0.15) is 25.3 Å². The molecule has 0 bridgehead atoms. The molecule has 1 fully saturated rings. The maximum atomic E-state index is 12.1. The lowest BCUT2D eigenvalue weighted by Gasteiger charge is -2.24. The standard InChI is InChI=1S/C16H25N3O2/c1-12-6-8-19(15(12)11-20)9-7-16(21)18-14-5-3-2-4-13(14)10-17/h2-5,12,15,20H,6-11,17H2,1H3,(H,18,21). The van der Waals surface area contributed by atoms with Gasteiger partial charge >= 0.3 is 0 Å². The second-order valence-electron chi connectivity index (χ2n) is 5.71. The third-order valence-corrected chi connectivity index (χ3v) is 4.32. The molecule has 2 rings (SSSR count). The Kier molecular flexibility index (Phi) is 5.73. The highest BCUT2D eigenvalue weighted by Gasteiger charge is 2.30. The fourth-order valence-electron chi connectivity index (χ4n) is 2.94. The molecular weight excluding hydrogens is 266 g/mol. The molecule has 21 heavy (non-hydrogen) atoms. The number of nitrogens with one attached hydrogen (secondary N) is 1. The van der Waals surface area contributed by atoms with Crippen LogP contribution in [0.4, 0.5) is 5.69 Å². The van der Waals surface area contributed by atoms with Crippen LogP contribution in [0.25, 0.3) is 0 Å². The highest BCUT2D eigenvalue weighted by atomic mass is 16.3. The lowest BCUT2D eigenvalue weighted by molar-refractivity contribution is -0.116. The number of rotatable bonds is 6. The first kappa shape index (κ1) is 15.9. The largest absolute Gasteiger partial charge is 0.395 e. The van der Waals surface area contributed by atoms with E-state index >= 15 is 0 Å². The van der Waals surface area contributed by atoms with Crippen molar-refractivity contribution in [1.82, 2.24) is 4.90 Å². The fraction of sp³-hybridized carbons (Fsp3) is 0.562. The van der Waals surface area contributed by atoms with Crippen molar-refractivity contribution in [3.05, 3.63) is 29.8 Å². The first-order valence-electron chi connectivity index (χ1n) is 7.58. The molecule has 0 aliphatic carbocycles. The van der Waals surface area contributed by atoms with E-state index in [2.05, 4.69) is 17.1 Å². The SMILES string of the molecule is CC1CCN(CCC(=O)Nc2ccccc2CN)C1CO. The van der Waals surface area contributed by atoms with E-state index in [9.17, 15) is 9.90 Å². The van der Waals surface area contributed by atoms with Gasteiger partial charge in [0.25, 0.3) is 0 Å². The molecule has 0 radical (unpaired) electrons. The zero-order valence-corrected chi connectivity index (χ0v) is 12.6. The van der Waals surface area contributed by atoms with E-state index in [1.54, 1.807) is 0 Å². The molecule has 2 atom stereocenters. The third kappa shape index (κ3) is 4.03. The average Bonchev–Trinajstić information content (AvgIpc) is 2.85. The molecule has 1 aliphatic rings. The Morgan fingerprint density at radius 3 is 2.95 bits per heavy atom. The molecule has 1 saturated heterocycles. The number of nitrogens with two attached hydrogens (primary N) is 1. The van der Waals surface area contributed by atoms with E-state index in [0.717, 1.165) is 24.2 Å². The summed E-state index contributed by atoms with van der Waals surface area (Å²) in [7, 11) is 0. The molecule has 1 aliphatic heterocycles. The van der Waals surface area contributed by atoms with Crippen LogP contribution in [0.3, 0.4) is 0 Å². The van der Waals surface area contributed by atoms with E-state index in [-0.39, 0.29) is 18.6 Å². The van der Waals surface area contributed by atoms with Crippen LogP contribution in [0.15, 0.2) is 24.3 Å². The molecule has 1 amide bonds. The molecule has 4 N–H and O–H groups in total. The molecule has 0 aromatic heterocycles. The first-order chi connectivity index (χ1) is 10.2. The minimum Gasteiger partial charge on any atom is -0.395 e. The minimum atomic E-state index is -0.00728.